The van der Waals surface area contributed by atoms with Gasteiger partial charge in [0.05, 0.1) is 0 Å². The summed E-state index contributed by atoms with van der Waals surface area (Å²) in [6.45, 7) is 12.3. The van der Waals surface area contributed by atoms with Crippen molar-refractivity contribution >= 4 is 0 Å². The van der Waals surface area contributed by atoms with Gasteiger partial charge in [0.2, 0.25) is 0 Å². The smallest absolute Gasteiger partial charge is 0.0198 e. The van der Waals surface area contributed by atoms with Crippen LogP contribution in [-0.2, 0) is 0 Å². The fourth-order valence-electron chi connectivity index (χ4n) is 3.16. The topological polar surface area (TPSA) is 0 Å². The molecule has 128 valence electrons. The van der Waals surface area contributed by atoms with Crippen molar-refractivity contribution in [1.29, 1.82) is 0 Å². The molecule has 0 aromatic heterocycles. The fourth-order valence-corrected chi connectivity index (χ4v) is 3.16. The average molecular weight is 305 g/mol. The van der Waals surface area contributed by atoms with E-state index in [0.717, 1.165) is 24.7 Å². The highest BCUT2D eigenvalue weighted by Crippen LogP contribution is 2.25. The van der Waals surface area contributed by atoms with Gasteiger partial charge in [-0.3, -0.25) is 0 Å². The number of unbranched alkanes of at least 4 members (excludes halogenated alkanes) is 10. The van der Waals surface area contributed by atoms with Gasteiger partial charge in [0.15, 0.2) is 0 Å². The van der Waals surface area contributed by atoms with E-state index in [1.807, 2.05) is 0 Å². The molecule has 2 radical (unpaired) electrons. The quantitative estimate of drug-likeness (QED) is 0.218. The summed E-state index contributed by atoms with van der Waals surface area (Å²) in [6, 6.07) is 0. The van der Waals surface area contributed by atoms with Crippen LogP contribution in [0, 0.1) is 37.5 Å². The predicted molar refractivity (Wildman–Crippen MR) is 101 cm³/mol. The third-order valence-corrected chi connectivity index (χ3v) is 4.77. The minimum absolute atomic E-state index is 0.850. The Hall–Kier alpha value is -0.440. The fraction of sp³-hybridized carbons (Fsp3) is 0.818. The van der Waals surface area contributed by atoms with Crippen molar-refractivity contribution in [2.75, 3.05) is 0 Å². The predicted octanol–water partition coefficient (Wildman–Crippen LogP) is 7.39. The Labute approximate surface area is 141 Å². The molecule has 22 heavy (non-hydrogen) atoms. The maximum Gasteiger partial charge on any atom is 0.0198 e. The molecule has 0 aliphatic rings. The van der Waals surface area contributed by atoms with Crippen molar-refractivity contribution in [2.24, 2.45) is 11.8 Å². The van der Waals surface area contributed by atoms with E-state index in [1.54, 1.807) is 0 Å². The molecular weight excluding hydrogens is 264 g/mol. The third kappa shape index (κ3) is 14.5. The molecular formula is C22H40. The molecule has 0 aliphatic carbocycles. The minimum atomic E-state index is 0.850. The van der Waals surface area contributed by atoms with Gasteiger partial charge in [0.25, 0.3) is 0 Å². The van der Waals surface area contributed by atoms with Crippen LogP contribution in [0.5, 0.6) is 0 Å². The van der Waals surface area contributed by atoms with Crippen molar-refractivity contribution in [2.45, 2.75) is 104 Å². The maximum absolute atomic E-state index is 3.91. The highest BCUT2D eigenvalue weighted by Gasteiger charge is 2.12. The zero-order valence-electron chi connectivity index (χ0n) is 15.5. The van der Waals surface area contributed by atoms with Gasteiger partial charge in [-0.15, -0.1) is 11.8 Å². The first-order valence-electron chi connectivity index (χ1n) is 9.76. The zero-order valence-corrected chi connectivity index (χ0v) is 15.5. The van der Waals surface area contributed by atoms with Crippen LogP contribution >= 0.6 is 0 Å². The minimum Gasteiger partial charge on any atom is -0.103 e. The molecule has 0 spiro atoms. The van der Waals surface area contributed by atoms with E-state index < -0.39 is 0 Å². The van der Waals surface area contributed by atoms with Crippen LogP contribution < -0.4 is 0 Å². The molecule has 0 aliphatic heterocycles. The molecule has 0 amide bonds. The summed E-state index contributed by atoms with van der Waals surface area (Å²) in [5.41, 5.74) is 0. The molecule has 1 atom stereocenters. The molecule has 0 saturated carbocycles. The van der Waals surface area contributed by atoms with E-state index in [4.69, 9.17) is 0 Å². The van der Waals surface area contributed by atoms with Crippen LogP contribution in [0.3, 0.4) is 0 Å². The lowest BCUT2D eigenvalue weighted by atomic mass is 9.85. The second kappa shape index (κ2) is 16.9. The second-order valence-corrected chi connectivity index (χ2v) is 7.07. The molecule has 0 aromatic rings. The van der Waals surface area contributed by atoms with Crippen molar-refractivity contribution in [3.63, 3.8) is 0 Å². The molecule has 0 saturated heterocycles. The Morgan fingerprint density at radius 3 is 1.73 bits per heavy atom. The summed E-state index contributed by atoms with van der Waals surface area (Å²) in [5, 5.41) is 0. The summed E-state index contributed by atoms with van der Waals surface area (Å²) >= 11 is 0. The van der Waals surface area contributed by atoms with Gasteiger partial charge in [0.1, 0.15) is 0 Å². The first kappa shape index (κ1) is 21.6. The molecule has 0 heterocycles. The Kier molecular flexibility index (Phi) is 16.6. The maximum atomic E-state index is 3.91. The van der Waals surface area contributed by atoms with Crippen molar-refractivity contribution in [3.8, 4) is 11.8 Å². The summed E-state index contributed by atoms with van der Waals surface area (Å²) in [7, 11) is 0. The standard InChI is InChI=1S/C22H40/c1-5-7-9-11-13-15-17-19-22(21(3)4)20-18-16-14-12-10-8-6-2/h21-22H,1-2,5,7,9-20H2,3-4H3. The first-order valence-corrected chi connectivity index (χ1v) is 9.76. The summed E-state index contributed by atoms with van der Waals surface area (Å²) < 4.78 is 0. The van der Waals surface area contributed by atoms with Gasteiger partial charge in [-0.25, -0.2) is 0 Å². The van der Waals surface area contributed by atoms with Crippen molar-refractivity contribution < 1.29 is 0 Å². The molecule has 0 fully saturated rings. The van der Waals surface area contributed by atoms with E-state index in [-0.39, 0.29) is 0 Å². The van der Waals surface area contributed by atoms with Gasteiger partial charge in [-0.2, -0.15) is 0 Å². The molecule has 0 nitrogen and oxygen atoms in total. The van der Waals surface area contributed by atoms with E-state index in [2.05, 4.69) is 39.5 Å². The van der Waals surface area contributed by atoms with Crippen molar-refractivity contribution in [1.82, 2.24) is 0 Å². The Bertz CT molecular complexity index is 265. The molecule has 0 aromatic carbocycles. The van der Waals surface area contributed by atoms with E-state index in [9.17, 15) is 0 Å². The van der Waals surface area contributed by atoms with Crippen LogP contribution in [0.1, 0.15) is 104 Å². The molecule has 0 N–H and O–H groups in total. The normalized spacial score (nSPS) is 12.2. The Balaban J connectivity index is 3.54. The zero-order chi connectivity index (χ0) is 16.5. The van der Waals surface area contributed by atoms with Gasteiger partial charge < -0.3 is 0 Å². The number of hydrogen-bond donors (Lipinski definition) is 0. The van der Waals surface area contributed by atoms with Gasteiger partial charge in [0, 0.05) is 13.3 Å². The van der Waals surface area contributed by atoms with E-state index in [1.165, 1.54) is 77.0 Å². The summed E-state index contributed by atoms with van der Waals surface area (Å²) in [6.07, 6.45) is 18.8. The van der Waals surface area contributed by atoms with Crippen LogP contribution in [0.2, 0.25) is 0 Å². The van der Waals surface area contributed by atoms with Crippen LogP contribution in [-0.4, -0.2) is 0 Å². The molecule has 0 heteroatoms. The lowest BCUT2D eigenvalue weighted by molar-refractivity contribution is 0.313. The lowest BCUT2D eigenvalue weighted by Crippen LogP contribution is -2.08. The number of hydrogen-bond acceptors (Lipinski definition) is 0. The Morgan fingerprint density at radius 1 is 0.727 bits per heavy atom. The first-order chi connectivity index (χ1) is 10.7. The summed E-state index contributed by atoms with van der Waals surface area (Å²) in [5.74, 6) is 7.58. The van der Waals surface area contributed by atoms with Crippen LogP contribution in [0.4, 0.5) is 0 Å². The number of rotatable bonds is 15. The summed E-state index contributed by atoms with van der Waals surface area (Å²) in [4.78, 5) is 0. The van der Waals surface area contributed by atoms with Crippen molar-refractivity contribution in [3.05, 3.63) is 13.8 Å². The van der Waals surface area contributed by atoms with E-state index >= 15 is 0 Å². The van der Waals surface area contributed by atoms with Crippen LogP contribution in [0.15, 0.2) is 0 Å². The Morgan fingerprint density at radius 2 is 1.23 bits per heavy atom. The second-order valence-electron chi connectivity index (χ2n) is 7.07. The van der Waals surface area contributed by atoms with Gasteiger partial charge in [-0.1, -0.05) is 97.8 Å². The third-order valence-electron chi connectivity index (χ3n) is 4.77. The average Bonchev–Trinajstić information content (AvgIpc) is 2.50. The lowest BCUT2D eigenvalue weighted by Gasteiger charge is -2.20. The van der Waals surface area contributed by atoms with Gasteiger partial charge >= 0.3 is 0 Å². The molecule has 1 unspecified atom stereocenters. The van der Waals surface area contributed by atoms with Crippen LogP contribution in [0.25, 0.3) is 0 Å². The highest BCUT2D eigenvalue weighted by atomic mass is 14.2. The van der Waals surface area contributed by atoms with E-state index in [0.29, 0.717) is 0 Å². The molecule has 0 rings (SSSR count). The largest absolute Gasteiger partial charge is 0.103 e. The molecule has 0 bridgehead atoms. The SMILES string of the molecule is [CH2]C#CCCCCCCC(CCCCCCCC[CH2])C(C)C. The monoisotopic (exact) mass is 304 g/mol. The highest BCUT2D eigenvalue weighted by molar-refractivity contribution is 5.00. The van der Waals surface area contributed by atoms with Gasteiger partial charge in [-0.05, 0) is 18.3 Å².